The number of H-pyrrole nitrogens is 1. The molecule has 1 unspecified atom stereocenters. The van der Waals surface area contributed by atoms with Gasteiger partial charge in [-0.05, 0) is 6.92 Å². The monoisotopic (exact) mass is 171 g/mol. The van der Waals surface area contributed by atoms with E-state index in [-0.39, 0.29) is 6.04 Å². The average Bonchev–Trinajstić information content (AvgIpc) is 2.52. The van der Waals surface area contributed by atoms with Gasteiger partial charge in [-0.1, -0.05) is 0 Å². The lowest BCUT2D eigenvalue weighted by atomic mass is 10.3. The summed E-state index contributed by atoms with van der Waals surface area (Å²) in [6.45, 7) is 2.98. The SMILES string of the molecule is CC(NCCS)c1ncc[nH]1. The molecule has 1 aromatic rings. The molecule has 1 rings (SSSR count). The first-order chi connectivity index (χ1) is 5.34. The van der Waals surface area contributed by atoms with Gasteiger partial charge in [0.2, 0.25) is 0 Å². The van der Waals surface area contributed by atoms with E-state index in [1.54, 1.807) is 6.20 Å². The average molecular weight is 171 g/mol. The van der Waals surface area contributed by atoms with E-state index in [4.69, 9.17) is 0 Å². The van der Waals surface area contributed by atoms with E-state index in [9.17, 15) is 0 Å². The van der Waals surface area contributed by atoms with Crippen molar-refractivity contribution in [2.45, 2.75) is 13.0 Å². The molecule has 11 heavy (non-hydrogen) atoms. The first-order valence-corrected chi connectivity index (χ1v) is 4.31. The van der Waals surface area contributed by atoms with Crippen LogP contribution in [0.4, 0.5) is 0 Å². The Kier molecular flexibility index (Phi) is 3.45. The van der Waals surface area contributed by atoms with Crippen LogP contribution in [0.5, 0.6) is 0 Å². The molecular weight excluding hydrogens is 158 g/mol. The van der Waals surface area contributed by atoms with Crippen LogP contribution in [0.3, 0.4) is 0 Å². The summed E-state index contributed by atoms with van der Waals surface area (Å²) in [6, 6.07) is 0.289. The van der Waals surface area contributed by atoms with Gasteiger partial charge in [-0.25, -0.2) is 4.98 Å². The summed E-state index contributed by atoms with van der Waals surface area (Å²) in [7, 11) is 0. The second-order valence-corrected chi connectivity index (χ2v) is 2.82. The molecule has 0 aromatic carbocycles. The molecule has 62 valence electrons. The maximum absolute atomic E-state index is 4.13. The smallest absolute Gasteiger partial charge is 0.122 e. The third-order valence-corrected chi connectivity index (χ3v) is 1.72. The molecule has 0 aliphatic rings. The van der Waals surface area contributed by atoms with Crippen molar-refractivity contribution >= 4 is 12.6 Å². The van der Waals surface area contributed by atoms with E-state index < -0.39 is 0 Å². The number of imidazole rings is 1. The van der Waals surface area contributed by atoms with Crippen LogP contribution in [-0.4, -0.2) is 22.3 Å². The Bertz CT molecular complexity index is 186. The second-order valence-electron chi connectivity index (χ2n) is 2.37. The van der Waals surface area contributed by atoms with Gasteiger partial charge < -0.3 is 10.3 Å². The van der Waals surface area contributed by atoms with Crippen molar-refractivity contribution in [3.8, 4) is 0 Å². The van der Waals surface area contributed by atoms with Crippen molar-refractivity contribution in [2.75, 3.05) is 12.3 Å². The Morgan fingerprint density at radius 2 is 2.64 bits per heavy atom. The Morgan fingerprint density at radius 3 is 3.18 bits per heavy atom. The summed E-state index contributed by atoms with van der Waals surface area (Å²) in [5.41, 5.74) is 0. The van der Waals surface area contributed by atoms with Crippen LogP contribution in [0, 0.1) is 0 Å². The van der Waals surface area contributed by atoms with Gasteiger partial charge in [0.25, 0.3) is 0 Å². The fraction of sp³-hybridized carbons (Fsp3) is 0.571. The molecule has 0 saturated heterocycles. The van der Waals surface area contributed by atoms with Gasteiger partial charge in [-0.15, -0.1) is 0 Å². The number of aromatic amines is 1. The summed E-state index contributed by atoms with van der Waals surface area (Å²) in [4.78, 5) is 7.17. The van der Waals surface area contributed by atoms with Gasteiger partial charge in [0.05, 0.1) is 6.04 Å². The highest BCUT2D eigenvalue weighted by Gasteiger charge is 2.04. The molecule has 1 heterocycles. The summed E-state index contributed by atoms with van der Waals surface area (Å²) in [5, 5.41) is 3.26. The van der Waals surface area contributed by atoms with Crippen LogP contribution in [0.15, 0.2) is 12.4 Å². The van der Waals surface area contributed by atoms with Gasteiger partial charge in [0, 0.05) is 24.7 Å². The molecule has 0 spiro atoms. The largest absolute Gasteiger partial charge is 0.347 e. The normalized spacial score (nSPS) is 13.3. The van der Waals surface area contributed by atoms with Crippen LogP contribution in [0.25, 0.3) is 0 Å². The number of aromatic nitrogens is 2. The van der Waals surface area contributed by atoms with E-state index in [1.165, 1.54) is 0 Å². The minimum absolute atomic E-state index is 0.289. The zero-order valence-electron chi connectivity index (χ0n) is 6.54. The van der Waals surface area contributed by atoms with E-state index in [1.807, 2.05) is 6.20 Å². The highest BCUT2D eigenvalue weighted by molar-refractivity contribution is 7.80. The molecule has 3 nitrogen and oxygen atoms in total. The van der Waals surface area contributed by atoms with E-state index in [0.29, 0.717) is 0 Å². The van der Waals surface area contributed by atoms with Gasteiger partial charge >= 0.3 is 0 Å². The van der Waals surface area contributed by atoms with Gasteiger partial charge in [-0.3, -0.25) is 0 Å². The maximum atomic E-state index is 4.13. The van der Waals surface area contributed by atoms with E-state index in [2.05, 4.69) is 34.8 Å². The van der Waals surface area contributed by atoms with Crippen molar-refractivity contribution < 1.29 is 0 Å². The summed E-state index contributed by atoms with van der Waals surface area (Å²) < 4.78 is 0. The number of nitrogens with zero attached hydrogens (tertiary/aromatic N) is 1. The minimum atomic E-state index is 0.289. The fourth-order valence-corrected chi connectivity index (χ4v) is 1.02. The lowest BCUT2D eigenvalue weighted by molar-refractivity contribution is 0.575. The predicted octanol–water partition coefficient (Wildman–Crippen LogP) is 0.990. The lowest BCUT2D eigenvalue weighted by Gasteiger charge is -2.08. The molecule has 0 fully saturated rings. The standard InChI is InChI=1S/C7H13N3S/c1-6(8-4-5-11)7-9-2-3-10-7/h2-3,6,8,11H,4-5H2,1H3,(H,9,10). The molecule has 0 bridgehead atoms. The second kappa shape index (κ2) is 4.41. The Hall–Kier alpha value is -0.480. The van der Waals surface area contributed by atoms with Crippen LogP contribution in [0.1, 0.15) is 18.8 Å². The first kappa shape index (κ1) is 8.62. The maximum Gasteiger partial charge on any atom is 0.122 e. The summed E-state index contributed by atoms with van der Waals surface area (Å²) in [5.74, 6) is 1.83. The third kappa shape index (κ3) is 2.55. The van der Waals surface area contributed by atoms with Crippen LogP contribution >= 0.6 is 12.6 Å². The van der Waals surface area contributed by atoms with Gasteiger partial charge in [0.15, 0.2) is 0 Å². The quantitative estimate of drug-likeness (QED) is 0.591. The molecule has 0 aliphatic carbocycles. The number of rotatable bonds is 4. The first-order valence-electron chi connectivity index (χ1n) is 3.68. The molecule has 2 N–H and O–H groups in total. The van der Waals surface area contributed by atoms with Crippen LogP contribution < -0.4 is 5.32 Å². The number of nitrogens with one attached hydrogen (secondary N) is 2. The van der Waals surface area contributed by atoms with Crippen molar-refractivity contribution in [1.82, 2.24) is 15.3 Å². The van der Waals surface area contributed by atoms with Crippen LogP contribution in [0.2, 0.25) is 0 Å². The molecular formula is C7H13N3S. The summed E-state index contributed by atoms with van der Waals surface area (Å²) >= 11 is 4.10. The molecule has 1 atom stereocenters. The summed E-state index contributed by atoms with van der Waals surface area (Å²) in [6.07, 6.45) is 3.59. The number of hydrogen-bond donors (Lipinski definition) is 3. The topological polar surface area (TPSA) is 40.7 Å². The fourth-order valence-electron chi connectivity index (χ4n) is 0.892. The zero-order chi connectivity index (χ0) is 8.10. The number of thiol groups is 1. The molecule has 0 aliphatic heterocycles. The van der Waals surface area contributed by atoms with Gasteiger partial charge in [0.1, 0.15) is 5.82 Å². The molecule has 0 amide bonds. The predicted molar refractivity (Wildman–Crippen MR) is 48.9 cm³/mol. The molecule has 0 saturated carbocycles. The van der Waals surface area contributed by atoms with Gasteiger partial charge in [-0.2, -0.15) is 12.6 Å². The van der Waals surface area contributed by atoms with Crippen molar-refractivity contribution in [3.63, 3.8) is 0 Å². The number of hydrogen-bond acceptors (Lipinski definition) is 3. The lowest BCUT2D eigenvalue weighted by Crippen LogP contribution is -2.21. The molecule has 0 radical (unpaired) electrons. The highest BCUT2D eigenvalue weighted by Crippen LogP contribution is 2.03. The van der Waals surface area contributed by atoms with Crippen molar-refractivity contribution in [2.24, 2.45) is 0 Å². The minimum Gasteiger partial charge on any atom is -0.347 e. The highest BCUT2D eigenvalue weighted by atomic mass is 32.1. The van der Waals surface area contributed by atoms with Crippen LogP contribution in [-0.2, 0) is 0 Å². The van der Waals surface area contributed by atoms with Crippen molar-refractivity contribution in [3.05, 3.63) is 18.2 Å². The Balaban J connectivity index is 2.36. The Labute approximate surface area is 72.0 Å². The van der Waals surface area contributed by atoms with Crippen molar-refractivity contribution in [1.29, 1.82) is 0 Å². The molecule has 1 aromatic heterocycles. The third-order valence-electron chi connectivity index (χ3n) is 1.49. The van der Waals surface area contributed by atoms with E-state index in [0.717, 1.165) is 18.1 Å². The Morgan fingerprint density at radius 1 is 1.82 bits per heavy atom. The van der Waals surface area contributed by atoms with E-state index >= 15 is 0 Å². The zero-order valence-corrected chi connectivity index (χ0v) is 7.44. The molecule has 4 heteroatoms.